The van der Waals surface area contributed by atoms with Crippen LogP contribution in [0.5, 0.6) is 5.75 Å². The van der Waals surface area contributed by atoms with Crippen LogP contribution in [0.1, 0.15) is 41.3 Å². The van der Waals surface area contributed by atoms with Crippen molar-refractivity contribution in [3.05, 3.63) is 28.8 Å². The Morgan fingerprint density at radius 1 is 1.27 bits per heavy atom. The van der Waals surface area contributed by atoms with E-state index in [1.54, 1.807) is 7.11 Å². The van der Waals surface area contributed by atoms with Crippen LogP contribution in [0.4, 0.5) is 0 Å². The molecule has 0 spiro atoms. The summed E-state index contributed by atoms with van der Waals surface area (Å²) in [6, 6.07) is 4.42. The summed E-state index contributed by atoms with van der Waals surface area (Å²) in [4.78, 5) is 0.464. The number of hydrogen-bond donors (Lipinski definition) is 0. The smallest absolute Gasteiger partial charge is 0.124 e. The van der Waals surface area contributed by atoms with Crippen LogP contribution in [-0.4, -0.2) is 7.11 Å². The molecule has 1 unspecified atom stereocenters. The monoisotopic (exact) mass is 270 g/mol. The zero-order valence-corrected chi connectivity index (χ0v) is 11.5. The van der Waals surface area contributed by atoms with Crippen LogP contribution in [0, 0.1) is 13.8 Å². The highest BCUT2D eigenvalue weighted by Gasteiger charge is 2.10. The second-order valence-electron chi connectivity index (χ2n) is 3.94. The molecular weight excluding hydrogens is 252 g/mol. The molecule has 1 nitrogen and oxygen atoms in total. The second-order valence-corrected chi connectivity index (χ2v) is 5.05. The minimum Gasteiger partial charge on any atom is -0.496 e. The molecule has 0 aliphatic heterocycles. The molecule has 0 fully saturated rings. The summed E-state index contributed by atoms with van der Waals surface area (Å²) in [5, 5.41) is 0. The molecule has 0 bridgehead atoms. The van der Waals surface area contributed by atoms with Crippen LogP contribution in [-0.2, 0) is 0 Å². The molecule has 2 heteroatoms. The van der Waals surface area contributed by atoms with E-state index in [-0.39, 0.29) is 0 Å². The quantitative estimate of drug-likeness (QED) is 0.730. The van der Waals surface area contributed by atoms with Crippen molar-refractivity contribution in [2.45, 2.75) is 38.4 Å². The van der Waals surface area contributed by atoms with Crippen LogP contribution in [0.2, 0.25) is 0 Å². The molecule has 1 atom stereocenters. The van der Waals surface area contributed by atoms with E-state index in [0.29, 0.717) is 4.83 Å². The Balaban J connectivity index is 3.02. The summed E-state index contributed by atoms with van der Waals surface area (Å²) < 4.78 is 5.36. The van der Waals surface area contributed by atoms with E-state index < -0.39 is 0 Å². The Morgan fingerprint density at radius 2 is 1.80 bits per heavy atom. The van der Waals surface area contributed by atoms with Gasteiger partial charge in [0.1, 0.15) is 5.75 Å². The van der Waals surface area contributed by atoms with E-state index in [0.717, 1.165) is 5.75 Å². The first-order chi connectivity index (χ1) is 7.10. The molecule has 84 valence electrons. The zero-order valence-electron chi connectivity index (χ0n) is 9.93. The lowest BCUT2D eigenvalue weighted by molar-refractivity contribution is 0.408. The molecule has 1 aromatic carbocycles. The lowest BCUT2D eigenvalue weighted by Gasteiger charge is -2.14. The van der Waals surface area contributed by atoms with Crippen molar-refractivity contribution in [1.82, 2.24) is 0 Å². The molecular formula is C13H19BrO. The predicted octanol–water partition coefficient (Wildman–Crippen LogP) is 4.55. The van der Waals surface area contributed by atoms with Gasteiger partial charge in [-0.1, -0.05) is 41.4 Å². The largest absolute Gasteiger partial charge is 0.496 e. The fourth-order valence-electron chi connectivity index (χ4n) is 1.91. The highest BCUT2D eigenvalue weighted by molar-refractivity contribution is 9.09. The van der Waals surface area contributed by atoms with E-state index in [1.165, 1.54) is 29.5 Å². The molecule has 0 aromatic heterocycles. The van der Waals surface area contributed by atoms with E-state index in [2.05, 4.69) is 48.8 Å². The third kappa shape index (κ3) is 2.97. The number of alkyl halides is 1. The number of halogens is 1. The Hall–Kier alpha value is -0.500. The number of aryl methyl sites for hydroxylation is 2. The molecule has 15 heavy (non-hydrogen) atoms. The number of benzene rings is 1. The number of hydrogen-bond acceptors (Lipinski definition) is 1. The van der Waals surface area contributed by atoms with Crippen molar-refractivity contribution < 1.29 is 4.74 Å². The van der Waals surface area contributed by atoms with Crippen LogP contribution in [0.3, 0.4) is 0 Å². The van der Waals surface area contributed by atoms with E-state index in [4.69, 9.17) is 4.74 Å². The van der Waals surface area contributed by atoms with Gasteiger partial charge in [-0.05, 0) is 37.0 Å². The van der Waals surface area contributed by atoms with Gasteiger partial charge in [0.05, 0.1) is 7.11 Å². The van der Waals surface area contributed by atoms with Gasteiger partial charge in [0, 0.05) is 4.83 Å². The summed E-state index contributed by atoms with van der Waals surface area (Å²) in [5.74, 6) is 1.01. The van der Waals surface area contributed by atoms with Crippen molar-refractivity contribution in [3.8, 4) is 5.75 Å². The Bertz CT molecular complexity index is 310. The van der Waals surface area contributed by atoms with E-state index >= 15 is 0 Å². The van der Waals surface area contributed by atoms with Gasteiger partial charge in [-0.2, -0.15) is 0 Å². The van der Waals surface area contributed by atoms with Gasteiger partial charge in [0.15, 0.2) is 0 Å². The molecule has 0 N–H and O–H groups in total. The number of methoxy groups -OCH3 is 1. The highest BCUT2D eigenvalue weighted by Crippen LogP contribution is 2.33. The van der Waals surface area contributed by atoms with Crippen LogP contribution >= 0.6 is 15.9 Å². The molecule has 0 radical (unpaired) electrons. The Morgan fingerprint density at radius 3 is 2.20 bits per heavy atom. The van der Waals surface area contributed by atoms with Gasteiger partial charge in [-0.15, -0.1) is 0 Å². The highest BCUT2D eigenvalue weighted by atomic mass is 79.9. The standard InChI is InChI=1S/C13H19BrO/c1-5-6-12(14)11-7-9(2)13(15-4)10(3)8-11/h7-8,12H,5-6H2,1-4H3. The maximum absolute atomic E-state index is 5.36. The van der Waals surface area contributed by atoms with Gasteiger partial charge in [-0.25, -0.2) is 0 Å². The first-order valence-electron chi connectivity index (χ1n) is 5.39. The van der Waals surface area contributed by atoms with Crippen molar-refractivity contribution in [2.24, 2.45) is 0 Å². The van der Waals surface area contributed by atoms with Crippen molar-refractivity contribution in [1.29, 1.82) is 0 Å². The number of ether oxygens (including phenoxy) is 1. The summed E-state index contributed by atoms with van der Waals surface area (Å²) in [6.07, 6.45) is 2.37. The lowest BCUT2D eigenvalue weighted by Crippen LogP contribution is -1.96. The Labute approximate surface area is 101 Å². The van der Waals surface area contributed by atoms with E-state index in [1.807, 2.05) is 0 Å². The van der Waals surface area contributed by atoms with Crippen LogP contribution in [0.15, 0.2) is 12.1 Å². The lowest BCUT2D eigenvalue weighted by atomic mass is 10.0. The van der Waals surface area contributed by atoms with Crippen molar-refractivity contribution in [3.63, 3.8) is 0 Å². The zero-order chi connectivity index (χ0) is 11.4. The predicted molar refractivity (Wildman–Crippen MR) is 69.0 cm³/mol. The summed E-state index contributed by atoms with van der Waals surface area (Å²) in [5.41, 5.74) is 3.79. The third-order valence-electron chi connectivity index (χ3n) is 2.59. The topological polar surface area (TPSA) is 9.23 Å². The van der Waals surface area contributed by atoms with E-state index in [9.17, 15) is 0 Å². The minimum absolute atomic E-state index is 0.464. The van der Waals surface area contributed by atoms with Crippen molar-refractivity contribution >= 4 is 15.9 Å². The summed E-state index contributed by atoms with van der Waals surface area (Å²) in [6.45, 7) is 6.40. The average Bonchev–Trinajstić information content (AvgIpc) is 2.17. The first-order valence-corrected chi connectivity index (χ1v) is 6.30. The molecule has 1 rings (SSSR count). The van der Waals surface area contributed by atoms with Gasteiger partial charge in [-0.3, -0.25) is 0 Å². The maximum atomic E-state index is 5.36. The maximum Gasteiger partial charge on any atom is 0.124 e. The van der Waals surface area contributed by atoms with Crippen molar-refractivity contribution in [2.75, 3.05) is 7.11 Å². The molecule has 0 aliphatic carbocycles. The summed E-state index contributed by atoms with van der Waals surface area (Å²) in [7, 11) is 1.73. The van der Waals surface area contributed by atoms with Crippen LogP contribution in [0.25, 0.3) is 0 Å². The first kappa shape index (κ1) is 12.6. The van der Waals surface area contributed by atoms with Gasteiger partial charge in [0.2, 0.25) is 0 Å². The fraction of sp³-hybridized carbons (Fsp3) is 0.538. The normalized spacial score (nSPS) is 12.6. The van der Waals surface area contributed by atoms with Gasteiger partial charge < -0.3 is 4.74 Å². The fourth-order valence-corrected chi connectivity index (χ4v) is 2.63. The minimum atomic E-state index is 0.464. The molecule has 0 heterocycles. The third-order valence-corrected chi connectivity index (χ3v) is 3.58. The van der Waals surface area contributed by atoms with Gasteiger partial charge in [0.25, 0.3) is 0 Å². The molecule has 0 saturated carbocycles. The summed E-state index contributed by atoms with van der Waals surface area (Å²) >= 11 is 3.72. The molecule has 0 amide bonds. The molecule has 1 aromatic rings. The SMILES string of the molecule is CCCC(Br)c1cc(C)c(OC)c(C)c1. The van der Waals surface area contributed by atoms with Gasteiger partial charge >= 0.3 is 0 Å². The number of rotatable bonds is 4. The Kier molecular flexibility index (Phi) is 4.65. The average molecular weight is 271 g/mol. The van der Waals surface area contributed by atoms with Crippen LogP contribution < -0.4 is 4.74 Å². The molecule has 0 saturated heterocycles. The molecule has 0 aliphatic rings. The second kappa shape index (κ2) is 5.55.